The number of rotatable bonds is 8. The van der Waals surface area contributed by atoms with E-state index in [1.807, 2.05) is 42.5 Å². The Hall–Kier alpha value is -3.47. The van der Waals surface area contributed by atoms with Crippen molar-refractivity contribution >= 4 is 15.9 Å². The van der Waals surface area contributed by atoms with Crippen molar-refractivity contribution in [1.29, 1.82) is 5.26 Å². The normalized spacial score (nSPS) is 15.0. The molecule has 3 aromatic rings. The van der Waals surface area contributed by atoms with E-state index in [0.717, 1.165) is 6.42 Å². The van der Waals surface area contributed by atoms with Gasteiger partial charge in [-0.25, -0.2) is 8.42 Å². The van der Waals surface area contributed by atoms with E-state index in [0.29, 0.717) is 19.4 Å². The summed E-state index contributed by atoms with van der Waals surface area (Å²) in [5.41, 5.74) is 2.56. The molecule has 1 aliphatic heterocycles. The predicted molar refractivity (Wildman–Crippen MR) is 135 cm³/mol. The Bertz CT molecular complexity index is 1240. The monoisotopic (exact) mass is 487 g/mol. The minimum absolute atomic E-state index is 0.0262. The molecule has 0 atom stereocenters. The van der Waals surface area contributed by atoms with Gasteiger partial charge in [0.2, 0.25) is 15.9 Å². The number of sulfonamides is 1. The number of nitriles is 1. The lowest BCUT2D eigenvalue weighted by atomic mass is 9.88. The van der Waals surface area contributed by atoms with E-state index < -0.39 is 10.0 Å². The molecule has 0 aliphatic carbocycles. The molecule has 35 heavy (non-hydrogen) atoms. The quantitative estimate of drug-likeness (QED) is 0.513. The van der Waals surface area contributed by atoms with E-state index in [1.165, 1.54) is 27.6 Å². The number of hydrogen-bond donors (Lipinski definition) is 1. The van der Waals surface area contributed by atoms with Gasteiger partial charge in [-0.3, -0.25) is 4.79 Å². The first-order chi connectivity index (χ1) is 17.0. The molecule has 0 aromatic heterocycles. The van der Waals surface area contributed by atoms with Crippen molar-refractivity contribution in [2.24, 2.45) is 5.92 Å². The van der Waals surface area contributed by atoms with Crippen LogP contribution in [0, 0.1) is 17.2 Å². The van der Waals surface area contributed by atoms with Gasteiger partial charge in [0, 0.05) is 31.5 Å². The van der Waals surface area contributed by atoms with E-state index in [2.05, 4.69) is 29.6 Å². The molecule has 0 spiro atoms. The van der Waals surface area contributed by atoms with Crippen LogP contribution in [0.2, 0.25) is 0 Å². The highest BCUT2D eigenvalue weighted by molar-refractivity contribution is 7.89. The second kappa shape index (κ2) is 11.3. The summed E-state index contributed by atoms with van der Waals surface area (Å²) in [4.78, 5) is 12.9. The fraction of sp³-hybridized carbons (Fsp3) is 0.286. The Morgan fingerprint density at radius 2 is 1.46 bits per heavy atom. The molecule has 1 heterocycles. The zero-order valence-corrected chi connectivity index (χ0v) is 20.3. The van der Waals surface area contributed by atoms with Gasteiger partial charge < -0.3 is 5.32 Å². The van der Waals surface area contributed by atoms with Gasteiger partial charge in [0.1, 0.15) is 6.07 Å². The first-order valence-electron chi connectivity index (χ1n) is 11.9. The van der Waals surface area contributed by atoms with Gasteiger partial charge in [0.15, 0.2) is 0 Å². The van der Waals surface area contributed by atoms with Crippen LogP contribution in [-0.2, 0) is 14.8 Å². The summed E-state index contributed by atoms with van der Waals surface area (Å²) in [5.74, 6) is -0.0659. The lowest BCUT2D eigenvalue weighted by Crippen LogP contribution is -2.43. The second-order valence-corrected chi connectivity index (χ2v) is 10.6. The van der Waals surface area contributed by atoms with Crippen LogP contribution in [-0.4, -0.2) is 38.3 Å². The molecule has 7 heteroatoms. The SMILES string of the molecule is N#Cc1ccccc1S(=O)(=O)N1CCC(C(=O)NCCC(c2ccccc2)c2ccccc2)CC1. The van der Waals surface area contributed by atoms with Gasteiger partial charge in [0.25, 0.3) is 0 Å². The molecule has 1 aliphatic rings. The minimum Gasteiger partial charge on any atom is -0.356 e. The van der Waals surface area contributed by atoms with Crippen LogP contribution in [0.15, 0.2) is 89.8 Å². The van der Waals surface area contributed by atoms with E-state index in [1.54, 1.807) is 12.1 Å². The fourth-order valence-electron chi connectivity index (χ4n) is 4.66. The zero-order chi connectivity index (χ0) is 24.7. The number of benzene rings is 3. The largest absolute Gasteiger partial charge is 0.356 e. The highest BCUT2D eigenvalue weighted by Crippen LogP contribution is 2.28. The molecular formula is C28H29N3O3S. The smallest absolute Gasteiger partial charge is 0.244 e. The Kier molecular flexibility index (Phi) is 7.96. The summed E-state index contributed by atoms with van der Waals surface area (Å²) in [5, 5.41) is 12.4. The lowest BCUT2D eigenvalue weighted by molar-refractivity contribution is -0.126. The van der Waals surface area contributed by atoms with E-state index >= 15 is 0 Å². The van der Waals surface area contributed by atoms with Crippen molar-refractivity contribution in [2.75, 3.05) is 19.6 Å². The minimum atomic E-state index is -3.76. The van der Waals surface area contributed by atoms with Crippen LogP contribution >= 0.6 is 0 Å². The first kappa shape index (κ1) is 24.6. The molecule has 0 unspecified atom stereocenters. The average Bonchev–Trinajstić information content (AvgIpc) is 2.92. The molecule has 0 bridgehead atoms. The summed E-state index contributed by atoms with van der Waals surface area (Å²) < 4.78 is 27.5. The lowest BCUT2D eigenvalue weighted by Gasteiger charge is -2.31. The van der Waals surface area contributed by atoms with Crippen LogP contribution in [0.5, 0.6) is 0 Å². The Morgan fingerprint density at radius 1 is 0.914 bits per heavy atom. The standard InChI is InChI=1S/C28H29N3O3S/c29-21-25-13-7-8-14-27(25)35(33,34)31-19-16-24(17-20-31)28(32)30-18-15-26(22-9-3-1-4-10-22)23-11-5-2-6-12-23/h1-14,24,26H,15-20H2,(H,30,32). The van der Waals surface area contributed by atoms with Crippen LogP contribution in [0.4, 0.5) is 0 Å². The molecule has 1 amide bonds. The summed E-state index contributed by atoms with van der Waals surface area (Å²) >= 11 is 0. The van der Waals surface area contributed by atoms with Crippen LogP contribution in [0.1, 0.15) is 41.9 Å². The van der Waals surface area contributed by atoms with Crippen molar-refractivity contribution in [3.8, 4) is 6.07 Å². The van der Waals surface area contributed by atoms with Gasteiger partial charge in [-0.2, -0.15) is 9.57 Å². The number of nitrogens with one attached hydrogen (secondary N) is 1. The summed E-state index contributed by atoms with van der Waals surface area (Å²) in [6.45, 7) is 1.06. The van der Waals surface area contributed by atoms with Crippen LogP contribution in [0.25, 0.3) is 0 Å². The molecule has 4 rings (SSSR count). The maximum absolute atomic E-state index is 13.0. The summed E-state index contributed by atoms with van der Waals surface area (Å²) in [6.07, 6.45) is 1.69. The third-order valence-electron chi connectivity index (χ3n) is 6.59. The Morgan fingerprint density at radius 3 is 2.03 bits per heavy atom. The molecule has 3 aromatic carbocycles. The number of piperidine rings is 1. The summed E-state index contributed by atoms with van der Waals surface area (Å²) in [6, 6.07) is 28.7. The number of amides is 1. The van der Waals surface area contributed by atoms with Gasteiger partial charge in [-0.15, -0.1) is 0 Å². The van der Waals surface area contributed by atoms with Gasteiger partial charge in [-0.1, -0.05) is 72.8 Å². The van der Waals surface area contributed by atoms with Gasteiger partial charge >= 0.3 is 0 Å². The first-order valence-corrected chi connectivity index (χ1v) is 13.3. The van der Waals surface area contributed by atoms with Crippen molar-refractivity contribution in [3.63, 3.8) is 0 Å². The molecule has 1 fully saturated rings. The topological polar surface area (TPSA) is 90.3 Å². The van der Waals surface area contributed by atoms with Crippen LogP contribution in [0.3, 0.4) is 0 Å². The molecule has 180 valence electrons. The molecule has 1 N–H and O–H groups in total. The molecule has 0 radical (unpaired) electrons. The average molecular weight is 488 g/mol. The number of carbonyl (C=O) groups is 1. The maximum Gasteiger partial charge on any atom is 0.244 e. The zero-order valence-electron chi connectivity index (χ0n) is 19.5. The van der Waals surface area contributed by atoms with E-state index in [9.17, 15) is 18.5 Å². The Labute approximate surface area is 207 Å². The highest BCUT2D eigenvalue weighted by atomic mass is 32.2. The molecular weight excluding hydrogens is 458 g/mol. The van der Waals surface area contributed by atoms with Crippen molar-refractivity contribution in [3.05, 3.63) is 102 Å². The number of carbonyl (C=O) groups excluding carboxylic acids is 1. The number of nitrogens with zero attached hydrogens (tertiary/aromatic N) is 2. The molecule has 1 saturated heterocycles. The second-order valence-electron chi connectivity index (χ2n) is 8.74. The predicted octanol–water partition coefficient (Wildman–Crippen LogP) is 4.30. The van der Waals surface area contributed by atoms with Gasteiger partial charge in [0.05, 0.1) is 10.5 Å². The van der Waals surface area contributed by atoms with E-state index in [4.69, 9.17) is 0 Å². The Balaban J connectivity index is 1.33. The van der Waals surface area contributed by atoms with Crippen LogP contribution < -0.4 is 5.32 Å². The third kappa shape index (κ3) is 5.79. The third-order valence-corrected chi connectivity index (χ3v) is 8.54. The number of hydrogen-bond acceptors (Lipinski definition) is 4. The molecule has 0 saturated carbocycles. The van der Waals surface area contributed by atoms with Crippen molar-refractivity contribution in [1.82, 2.24) is 9.62 Å². The highest BCUT2D eigenvalue weighted by Gasteiger charge is 2.33. The van der Waals surface area contributed by atoms with Gasteiger partial charge in [-0.05, 0) is 42.5 Å². The molecule has 6 nitrogen and oxygen atoms in total. The summed E-state index contributed by atoms with van der Waals surface area (Å²) in [7, 11) is -3.76. The maximum atomic E-state index is 13.0. The van der Waals surface area contributed by atoms with Crippen molar-refractivity contribution in [2.45, 2.75) is 30.1 Å². The fourth-order valence-corrected chi connectivity index (χ4v) is 6.27. The van der Waals surface area contributed by atoms with Crippen molar-refractivity contribution < 1.29 is 13.2 Å². The van der Waals surface area contributed by atoms with E-state index in [-0.39, 0.29) is 41.3 Å².